The van der Waals surface area contributed by atoms with Gasteiger partial charge in [0, 0.05) is 16.8 Å². The molecule has 2 rings (SSSR count). The van der Waals surface area contributed by atoms with E-state index in [2.05, 4.69) is 11.9 Å². The van der Waals surface area contributed by atoms with Crippen molar-refractivity contribution in [3.8, 4) is 0 Å². The molecule has 0 amide bonds. The van der Waals surface area contributed by atoms with Crippen molar-refractivity contribution < 1.29 is 9.90 Å². The summed E-state index contributed by atoms with van der Waals surface area (Å²) in [5, 5.41) is 9.18. The lowest BCUT2D eigenvalue weighted by Gasteiger charge is -2.44. The van der Waals surface area contributed by atoms with E-state index in [-0.39, 0.29) is 17.6 Å². The number of hydrogen-bond acceptors (Lipinski definition) is 3. The molecule has 1 aliphatic carbocycles. The van der Waals surface area contributed by atoms with Crippen LogP contribution in [0.4, 0.5) is 0 Å². The van der Waals surface area contributed by atoms with Crippen molar-refractivity contribution in [3.05, 3.63) is 27.4 Å². The van der Waals surface area contributed by atoms with Gasteiger partial charge in [0.05, 0.1) is 12.1 Å². The Labute approximate surface area is 125 Å². The quantitative estimate of drug-likeness (QED) is 0.873. The molecule has 1 heterocycles. The number of hydrogen-bond donors (Lipinski definition) is 1. The highest BCUT2D eigenvalue weighted by molar-refractivity contribution is 5.71. The SMILES string of the molecule is CCc1nc(=O)n(C2(CC)CCC2)c(CC)c1CC(=O)O. The number of nitrogens with zero attached hydrogens (tertiary/aromatic N) is 2. The van der Waals surface area contributed by atoms with Crippen LogP contribution < -0.4 is 5.69 Å². The van der Waals surface area contributed by atoms with Crippen LogP contribution in [0.15, 0.2) is 4.79 Å². The fourth-order valence-electron chi connectivity index (χ4n) is 3.48. The molecule has 0 atom stereocenters. The van der Waals surface area contributed by atoms with Crippen molar-refractivity contribution in [3.63, 3.8) is 0 Å². The highest BCUT2D eigenvalue weighted by atomic mass is 16.4. The van der Waals surface area contributed by atoms with Gasteiger partial charge in [-0.15, -0.1) is 0 Å². The van der Waals surface area contributed by atoms with Gasteiger partial charge in [0.2, 0.25) is 0 Å². The van der Waals surface area contributed by atoms with E-state index in [1.807, 2.05) is 18.4 Å². The number of carboxylic acid groups (broad SMARTS) is 1. The maximum atomic E-state index is 12.5. The first-order valence-corrected chi connectivity index (χ1v) is 7.85. The fourth-order valence-corrected chi connectivity index (χ4v) is 3.48. The summed E-state index contributed by atoms with van der Waals surface area (Å²) in [4.78, 5) is 27.9. The first-order chi connectivity index (χ1) is 9.99. The molecule has 0 saturated heterocycles. The second-order valence-corrected chi connectivity index (χ2v) is 5.81. The summed E-state index contributed by atoms with van der Waals surface area (Å²) in [5.74, 6) is -0.870. The van der Waals surface area contributed by atoms with E-state index in [0.29, 0.717) is 18.5 Å². The number of aryl methyl sites for hydroxylation is 1. The average Bonchev–Trinajstić information content (AvgIpc) is 2.40. The molecule has 0 bridgehead atoms. The predicted octanol–water partition coefficient (Wildman–Crippen LogP) is 2.28. The Morgan fingerprint density at radius 3 is 2.33 bits per heavy atom. The van der Waals surface area contributed by atoms with Crippen LogP contribution in [0.1, 0.15) is 63.4 Å². The summed E-state index contributed by atoms with van der Waals surface area (Å²) in [6.45, 7) is 5.99. The van der Waals surface area contributed by atoms with Crippen molar-refractivity contribution in [1.29, 1.82) is 0 Å². The summed E-state index contributed by atoms with van der Waals surface area (Å²) in [7, 11) is 0. The van der Waals surface area contributed by atoms with Gasteiger partial charge in [-0.3, -0.25) is 9.36 Å². The minimum absolute atomic E-state index is 0.0561. The Morgan fingerprint density at radius 2 is 1.95 bits per heavy atom. The van der Waals surface area contributed by atoms with Crippen LogP contribution in [0.2, 0.25) is 0 Å². The highest BCUT2D eigenvalue weighted by Gasteiger charge is 2.40. The second-order valence-electron chi connectivity index (χ2n) is 5.81. The standard InChI is InChI=1S/C16H24N2O3/c1-4-12-11(10-14(19)20)13(5-2)18(15(21)17-12)16(6-3)8-7-9-16/h4-10H2,1-3H3,(H,19,20). The number of aromatic nitrogens is 2. The van der Waals surface area contributed by atoms with Gasteiger partial charge in [-0.1, -0.05) is 20.8 Å². The molecule has 1 fully saturated rings. The van der Waals surface area contributed by atoms with Crippen molar-refractivity contribution in [2.45, 2.75) is 71.3 Å². The highest BCUT2D eigenvalue weighted by Crippen LogP contribution is 2.42. The predicted molar refractivity (Wildman–Crippen MR) is 80.7 cm³/mol. The maximum Gasteiger partial charge on any atom is 0.348 e. The topological polar surface area (TPSA) is 72.2 Å². The van der Waals surface area contributed by atoms with Gasteiger partial charge >= 0.3 is 11.7 Å². The molecular weight excluding hydrogens is 268 g/mol. The maximum absolute atomic E-state index is 12.5. The van der Waals surface area contributed by atoms with E-state index >= 15 is 0 Å². The summed E-state index contributed by atoms with van der Waals surface area (Å²) < 4.78 is 1.81. The van der Waals surface area contributed by atoms with Crippen LogP contribution in [-0.2, 0) is 29.6 Å². The molecule has 5 nitrogen and oxygen atoms in total. The van der Waals surface area contributed by atoms with Crippen molar-refractivity contribution in [2.75, 3.05) is 0 Å². The first kappa shape index (κ1) is 15.7. The van der Waals surface area contributed by atoms with E-state index in [0.717, 1.165) is 36.9 Å². The van der Waals surface area contributed by atoms with Crippen LogP contribution in [0.5, 0.6) is 0 Å². The third-order valence-corrected chi connectivity index (χ3v) is 4.80. The van der Waals surface area contributed by atoms with Gasteiger partial charge in [-0.25, -0.2) is 4.79 Å². The van der Waals surface area contributed by atoms with Crippen LogP contribution in [-0.4, -0.2) is 20.6 Å². The number of aliphatic carboxylic acids is 1. The molecule has 0 spiro atoms. The Kier molecular flexibility index (Phi) is 4.49. The van der Waals surface area contributed by atoms with Gasteiger partial charge in [-0.05, 0) is 38.5 Å². The van der Waals surface area contributed by atoms with Crippen molar-refractivity contribution >= 4 is 5.97 Å². The Balaban J connectivity index is 2.70. The molecule has 1 aromatic rings. The monoisotopic (exact) mass is 292 g/mol. The molecule has 21 heavy (non-hydrogen) atoms. The summed E-state index contributed by atoms with van der Waals surface area (Å²) >= 11 is 0. The van der Waals surface area contributed by atoms with Crippen molar-refractivity contribution in [2.24, 2.45) is 0 Å². The average molecular weight is 292 g/mol. The molecular formula is C16H24N2O3. The van der Waals surface area contributed by atoms with Crippen LogP contribution in [0, 0.1) is 0 Å². The van der Waals surface area contributed by atoms with Gasteiger partial charge in [0.25, 0.3) is 0 Å². The number of carboxylic acids is 1. The lowest BCUT2D eigenvalue weighted by atomic mass is 9.74. The zero-order valence-electron chi connectivity index (χ0n) is 13.1. The molecule has 0 radical (unpaired) electrons. The lowest BCUT2D eigenvalue weighted by Crippen LogP contribution is -2.49. The normalized spacial score (nSPS) is 16.5. The summed E-state index contributed by atoms with van der Waals surface area (Å²) in [5.41, 5.74) is 1.90. The molecule has 0 aromatic carbocycles. The van der Waals surface area contributed by atoms with E-state index in [1.165, 1.54) is 0 Å². The third-order valence-electron chi connectivity index (χ3n) is 4.80. The third kappa shape index (κ3) is 2.61. The van der Waals surface area contributed by atoms with E-state index < -0.39 is 5.97 Å². The number of carbonyl (C=O) groups is 1. The molecule has 116 valence electrons. The lowest BCUT2D eigenvalue weighted by molar-refractivity contribution is -0.136. The van der Waals surface area contributed by atoms with Gasteiger partial charge in [0.1, 0.15) is 0 Å². The van der Waals surface area contributed by atoms with E-state index in [1.54, 1.807) is 0 Å². The molecule has 1 aliphatic rings. The van der Waals surface area contributed by atoms with Gasteiger partial charge in [0.15, 0.2) is 0 Å². The number of rotatable bonds is 6. The Bertz CT molecular complexity index is 595. The van der Waals surface area contributed by atoms with Crippen LogP contribution in [0.25, 0.3) is 0 Å². The molecule has 5 heteroatoms. The van der Waals surface area contributed by atoms with Crippen molar-refractivity contribution in [1.82, 2.24) is 9.55 Å². The van der Waals surface area contributed by atoms with Gasteiger partial charge in [-0.2, -0.15) is 4.98 Å². The fraction of sp³-hybridized carbons (Fsp3) is 0.688. The summed E-state index contributed by atoms with van der Waals surface area (Å²) in [6, 6.07) is 0. The van der Waals surface area contributed by atoms with Gasteiger partial charge < -0.3 is 5.11 Å². The second kappa shape index (κ2) is 6.00. The molecule has 0 unspecified atom stereocenters. The summed E-state index contributed by atoms with van der Waals surface area (Å²) in [6.07, 6.45) is 5.16. The largest absolute Gasteiger partial charge is 0.481 e. The minimum atomic E-state index is -0.870. The molecule has 1 aromatic heterocycles. The smallest absolute Gasteiger partial charge is 0.348 e. The zero-order valence-corrected chi connectivity index (χ0v) is 13.1. The minimum Gasteiger partial charge on any atom is -0.481 e. The zero-order chi connectivity index (χ0) is 15.6. The molecule has 1 saturated carbocycles. The first-order valence-electron chi connectivity index (χ1n) is 7.85. The Hall–Kier alpha value is -1.65. The van der Waals surface area contributed by atoms with Crippen LogP contribution >= 0.6 is 0 Å². The van der Waals surface area contributed by atoms with E-state index in [9.17, 15) is 14.7 Å². The Morgan fingerprint density at radius 1 is 1.29 bits per heavy atom. The molecule has 0 aliphatic heterocycles. The molecule has 1 N–H and O–H groups in total. The van der Waals surface area contributed by atoms with E-state index in [4.69, 9.17) is 0 Å². The van der Waals surface area contributed by atoms with Crippen LogP contribution in [0.3, 0.4) is 0 Å².